The Hall–Kier alpha value is -1.59. The molecule has 0 spiro atoms. The highest BCUT2D eigenvalue weighted by Crippen LogP contribution is 2.22. The monoisotopic (exact) mass is 336 g/mol. The second-order valence-corrected chi connectivity index (χ2v) is 6.49. The maximum atomic E-state index is 6.23. The lowest BCUT2D eigenvalue weighted by molar-refractivity contribution is 0.685. The van der Waals surface area contributed by atoms with Gasteiger partial charge in [-0.2, -0.15) is 0 Å². The number of halogens is 1. The van der Waals surface area contributed by atoms with E-state index in [1.807, 2.05) is 30.5 Å². The molecule has 1 aromatic heterocycles. The van der Waals surface area contributed by atoms with Gasteiger partial charge >= 0.3 is 0 Å². The van der Waals surface area contributed by atoms with E-state index in [-0.39, 0.29) is 6.04 Å². The van der Waals surface area contributed by atoms with Gasteiger partial charge in [-0.25, -0.2) is 4.98 Å². The van der Waals surface area contributed by atoms with Gasteiger partial charge in [0, 0.05) is 23.1 Å². The van der Waals surface area contributed by atoms with Gasteiger partial charge in [0.2, 0.25) is 0 Å². The molecule has 0 fully saturated rings. The first-order valence-electron chi connectivity index (χ1n) is 7.29. The Balaban J connectivity index is 1.93. The molecule has 22 heavy (non-hydrogen) atoms. The molecule has 0 saturated carbocycles. The molecule has 0 radical (unpaired) electrons. The maximum absolute atomic E-state index is 6.23. The molecule has 1 atom stereocenters. The fourth-order valence-electron chi connectivity index (χ4n) is 2.06. The van der Waals surface area contributed by atoms with Crippen LogP contribution in [0.3, 0.4) is 0 Å². The molecule has 6 heteroatoms. The molecule has 0 aliphatic rings. The molecular formula is C16H21ClN4S. The molecule has 2 aromatic rings. The van der Waals surface area contributed by atoms with Gasteiger partial charge in [-0.1, -0.05) is 36.7 Å². The third-order valence-electron chi connectivity index (χ3n) is 3.31. The van der Waals surface area contributed by atoms with E-state index in [9.17, 15) is 0 Å². The number of aliphatic imine (C=N–C) groups is 1. The Bertz CT molecular complexity index is 639. The number of rotatable bonds is 5. The van der Waals surface area contributed by atoms with Gasteiger partial charge in [-0.3, -0.25) is 4.99 Å². The number of hydrogen-bond acceptors (Lipinski definition) is 3. The summed E-state index contributed by atoms with van der Waals surface area (Å²) in [6.45, 7) is 4.86. The first-order chi connectivity index (χ1) is 10.6. The SMILES string of the molecule is CCc1cnc(CNC(=NC)NC(C)c2ccccc2Cl)s1. The number of nitrogens with zero attached hydrogens (tertiary/aromatic N) is 2. The Kier molecular flexibility index (Phi) is 6.21. The number of aryl methyl sites for hydroxylation is 1. The van der Waals surface area contributed by atoms with E-state index in [1.165, 1.54) is 4.88 Å². The van der Waals surface area contributed by atoms with Crippen molar-refractivity contribution < 1.29 is 0 Å². The van der Waals surface area contributed by atoms with Gasteiger partial charge in [-0.05, 0) is 25.0 Å². The van der Waals surface area contributed by atoms with Crippen LogP contribution in [0.2, 0.25) is 5.02 Å². The summed E-state index contributed by atoms with van der Waals surface area (Å²) in [6.07, 6.45) is 2.96. The summed E-state index contributed by atoms with van der Waals surface area (Å²) >= 11 is 7.95. The van der Waals surface area contributed by atoms with E-state index < -0.39 is 0 Å². The zero-order valence-corrected chi connectivity index (χ0v) is 14.6. The molecule has 4 nitrogen and oxygen atoms in total. The van der Waals surface area contributed by atoms with E-state index in [2.05, 4.69) is 34.5 Å². The van der Waals surface area contributed by atoms with E-state index in [0.29, 0.717) is 6.54 Å². The largest absolute Gasteiger partial charge is 0.350 e. The summed E-state index contributed by atoms with van der Waals surface area (Å²) in [5, 5.41) is 8.45. The maximum Gasteiger partial charge on any atom is 0.191 e. The lowest BCUT2D eigenvalue weighted by Crippen LogP contribution is -2.38. The first-order valence-corrected chi connectivity index (χ1v) is 8.48. The van der Waals surface area contributed by atoms with E-state index in [1.54, 1.807) is 18.4 Å². The molecule has 2 N–H and O–H groups in total. The number of benzene rings is 1. The minimum Gasteiger partial charge on any atom is -0.350 e. The summed E-state index contributed by atoms with van der Waals surface area (Å²) in [4.78, 5) is 9.95. The van der Waals surface area contributed by atoms with Crippen LogP contribution in [0.5, 0.6) is 0 Å². The third-order valence-corrected chi connectivity index (χ3v) is 4.79. The number of aromatic nitrogens is 1. The molecule has 1 aromatic carbocycles. The van der Waals surface area contributed by atoms with E-state index in [4.69, 9.17) is 11.6 Å². The van der Waals surface area contributed by atoms with Crippen LogP contribution in [0.25, 0.3) is 0 Å². The molecule has 0 amide bonds. The fraction of sp³-hybridized carbons (Fsp3) is 0.375. The first kappa shape index (κ1) is 16.8. The predicted octanol–water partition coefficient (Wildman–Crippen LogP) is 3.79. The van der Waals surface area contributed by atoms with Crippen LogP contribution in [0.15, 0.2) is 35.5 Å². The van der Waals surface area contributed by atoms with E-state index in [0.717, 1.165) is 28.0 Å². The molecule has 0 saturated heterocycles. The highest BCUT2D eigenvalue weighted by atomic mass is 35.5. The van der Waals surface area contributed by atoms with Crippen molar-refractivity contribution >= 4 is 28.9 Å². The lowest BCUT2D eigenvalue weighted by atomic mass is 10.1. The van der Waals surface area contributed by atoms with Crippen molar-refractivity contribution in [2.45, 2.75) is 32.9 Å². The molecular weight excluding hydrogens is 316 g/mol. The molecule has 0 aliphatic carbocycles. The van der Waals surface area contributed by atoms with Gasteiger partial charge < -0.3 is 10.6 Å². The summed E-state index contributed by atoms with van der Waals surface area (Å²) < 4.78 is 0. The second kappa shape index (κ2) is 8.15. The minimum atomic E-state index is 0.0717. The van der Waals surface area contributed by atoms with Crippen molar-refractivity contribution in [2.24, 2.45) is 4.99 Å². The number of thiazole rings is 1. The second-order valence-electron chi connectivity index (χ2n) is 4.89. The highest BCUT2D eigenvalue weighted by Gasteiger charge is 2.11. The highest BCUT2D eigenvalue weighted by molar-refractivity contribution is 7.11. The van der Waals surface area contributed by atoms with Crippen LogP contribution in [0.1, 0.15) is 35.3 Å². The van der Waals surface area contributed by atoms with Gasteiger partial charge in [0.1, 0.15) is 5.01 Å². The Morgan fingerprint density at radius 2 is 2.18 bits per heavy atom. The van der Waals surface area contributed by atoms with Gasteiger partial charge in [0.15, 0.2) is 5.96 Å². The van der Waals surface area contributed by atoms with Crippen LogP contribution in [0.4, 0.5) is 0 Å². The van der Waals surface area contributed by atoms with Crippen molar-refractivity contribution in [1.29, 1.82) is 0 Å². The van der Waals surface area contributed by atoms with Crippen molar-refractivity contribution in [3.8, 4) is 0 Å². The van der Waals surface area contributed by atoms with Crippen LogP contribution in [-0.4, -0.2) is 18.0 Å². The molecule has 0 bridgehead atoms. The number of guanidine groups is 1. The third kappa shape index (κ3) is 4.45. The van der Waals surface area contributed by atoms with Gasteiger partial charge in [0.25, 0.3) is 0 Å². The van der Waals surface area contributed by atoms with Gasteiger partial charge in [0.05, 0.1) is 12.6 Å². The summed E-state index contributed by atoms with van der Waals surface area (Å²) in [5.41, 5.74) is 1.05. The molecule has 118 valence electrons. The molecule has 2 rings (SSSR count). The number of hydrogen-bond donors (Lipinski definition) is 2. The zero-order valence-electron chi connectivity index (χ0n) is 13.1. The standard InChI is InChI=1S/C16H21ClN4S/c1-4-12-9-19-15(22-12)10-20-16(18-3)21-11(2)13-7-5-6-8-14(13)17/h5-9,11H,4,10H2,1-3H3,(H2,18,20,21). The average molecular weight is 337 g/mol. The molecule has 1 heterocycles. The zero-order chi connectivity index (χ0) is 15.9. The van der Waals surface area contributed by atoms with E-state index >= 15 is 0 Å². The van der Waals surface area contributed by atoms with Crippen molar-refractivity contribution in [3.05, 3.63) is 50.9 Å². The Morgan fingerprint density at radius 3 is 2.82 bits per heavy atom. The normalized spacial score (nSPS) is 13.0. The minimum absolute atomic E-state index is 0.0717. The van der Waals surface area contributed by atoms with Crippen molar-refractivity contribution in [1.82, 2.24) is 15.6 Å². The lowest BCUT2D eigenvalue weighted by Gasteiger charge is -2.18. The smallest absolute Gasteiger partial charge is 0.191 e. The molecule has 1 unspecified atom stereocenters. The van der Waals surface area contributed by atoms with Crippen LogP contribution in [0, 0.1) is 0 Å². The van der Waals surface area contributed by atoms with Gasteiger partial charge in [-0.15, -0.1) is 11.3 Å². The van der Waals surface area contributed by atoms with Crippen LogP contribution in [-0.2, 0) is 13.0 Å². The molecule has 0 aliphatic heterocycles. The fourth-order valence-corrected chi connectivity index (χ4v) is 3.16. The van der Waals surface area contributed by atoms with Crippen molar-refractivity contribution in [2.75, 3.05) is 7.05 Å². The predicted molar refractivity (Wildman–Crippen MR) is 94.7 cm³/mol. The average Bonchev–Trinajstić information content (AvgIpc) is 2.99. The van der Waals surface area contributed by atoms with Crippen molar-refractivity contribution in [3.63, 3.8) is 0 Å². The Morgan fingerprint density at radius 1 is 1.41 bits per heavy atom. The quantitative estimate of drug-likeness (QED) is 0.645. The Labute approximate surface area is 140 Å². The number of nitrogens with one attached hydrogen (secondary N) is 2. The van der Waals surface area contributed by atoms with Crippen LogP contribution >= 0.6 is 22.9 Å². The summed E-state index contributed by atoms with van der Waals surface area (Å²) in [6, 6.07) is 7.90. The topological polar surface area (TPSA) is 49.3 Å². The summed E-state index contributed by atoms with van der Waals surface area (Å²) in [5.74, 6) is 0.737. The summed E-state index contributed by atoms with van der Waals surface area (Å²) in [7, 11) is 1.76. The van der Waals surface area contributed by atoms with Crippen LogP contribution < -0.4 is 10.6 Å².